The zero-order valence-corrected chi connectivity index (χ0v) is 16.5. The Morgan fingerprint density at radius 2 is 1.74 bits per heavy atom. The summed E-state index contributed by atoms with van der Waals surface area (Å²) in [5.74, 6) is -1.09. The number of thioether (sulfide) groups is 1. The molecule has 13 heteroatoms. The Balaban J connectivity index is 1.69. The van der Waals surface area contributed by atoms with Gasteiger partial charge in [0.15, 0.2) is 5.17 Å². The molecule has 2 N–H and O–H groups in total. The molecule has 0 radical (unpaired) electrons. The number of nitrogens with two attached hydrogens (primary N) is 1. The number of hydrogen-bond acceptors (Lipinski definition) is 9. The fourth-order valence-corrected chi connectivity index (χ4v) is 3.57. The van der Waals surface area contributed by atoms with E-state index in [-0.39, 0.29) is 28.7 Å². The fraction of sp³-hybridized carbons (Fsp3) is 0.111. The number of carbonyl (C=O) groups is 2. The molecule has 158 valence electrons. The fourth-order valence-electron chi connectivity index (χ4n) is 2.75. The Morgan fingerprint density at radius 1 is 1.10 bits per heavy atom. The maximum atomic E-state index is 12.6. The van der Waals surface area contributed by atoms with E-state index < -0.39 is 26.9 Å². The molecule has 0 spiro atoms. The van der Waals surface area contributed by atoms with Crippen molar-refractivity contribution in [3.8, 4) is 0 Å². The first-order chi connectivity index (χ1) is 14.8. The molecule has 0 aromatic heterocycles. The first-order valence-electron chi connectivity index (χ1n) is 8.65. The van der Waals surface area contributed by atoms with Crippen molar-refractivity contribution in [1.82, 2.24) is 0 Å². The third-order valence-electron chi connectivity index (χ3n) is 4.11. The van der Waals surface area contributed by atoms with Gasteiger partial charge in [0.1, 0.15) is 5.25 Å². The summed E-state index contributed by atoms with van der Waals surface area (Å²) in [6, 6.07) is 10.9. The topological polar surface area (TPSA) is 174 Å². The molecule has 12 nitrogen and oxygen atoms in total. The molecular formula is C18H14N6O6S. The minimum atomic E-state index is -0.858. The van der Waals surface area contributed by atoms with E-state index >= 15 is 0 Å². The number of amides is 2. The van der Waals surface area contributed by atoms with Crippen LogP contribution in [0.4, 0.5) is 17.1 Å². The number of hydrogen-bond donors (Lipinski definition) is 1. The van der Waals surface area contributed by atoms with E-state index in [0.29, 0.717) is 5.56 Å². The molecule has 2 aromatic rings. The molecule has 1 aliphatic heterocycles. The molecule has 1 heterocycles. The Hall–Kier alpha value is -4.13. The summed E-state index contributed by atoms with van der Waals surface area (Å²) in [7, 11) is 0. The average Bonchev–Trinajstić information content (AvgIpc) is 3.01. The van der Waals surface area contributed by atoms with Gasteiger partial charge in [0.2, 0.25) is 11.8 Å². The second-order valence-corrected chi connectivity index (χ2v) is 7.41. The van der Waals surface area contributed by atoms with Gasteiger partial charge in [-0.2, -0.15) is 5.10 Å². The summed E-state index contributed by atoms with van der Waals surface area (Å²) >= 11 is 0.831. The smallest absolute Gasteiger partial charge is 0.271 e. The van der Waals surface area contributed by atoms with Crippen molar-refractivity contribution in [2.75, 3.05) is 4.90 Å². The van der Waals surface area contributed by atoms with Crippen LogP contribution >= 0.6 is 11.8 Å². The van der Waals surface area contributed by atoms with Crippen molar-refractivity contribution >= 4 is 52.0 Å². The van der Waals surface area contributed by atoms with Crippen molar-refractivity contribution < 1.29 is 19.4 Å². The lowest BCUT2D eigenvalue weighted by Gasteiger charge is -2.14. The normalized spacial score (nSPS) is 16.8. The van der Waals surface area contributed by atoms with Crippen LogP contribution in [0.15, 0.2) is 58.7 Å². The van der Waals surface area contributed by atoms with Gasteiger partial charge in [-0.25, -0.2) is 4.90 Å². The van der Waals surface area contributed by atoms with E-state index in [1.807, 2.05) is 0 Å². The minimum absolute atomic E-state index is 0.0891. The maximum absolute atomic E-state index is 12.6. The van der Waals surface area contributed by atoms with Crippen LogP contribution in [0, 0.1) is 20.2 Å². The van der Waals surface area contributed by atoms with E-state index in [0.717, 1.165) is 22.7 Å². The molecule has 1 atom stereocenters. The number of non-ortho nitro benzene ring substituents is 2. The molecule has 1 fully saturated rings. The van der Waals surface area contributed by atoms with Gasteiger partial charge in [-0.3, -0.25) is 29.8 Å². The van der Waals surface area contributed by atoms with Crippen molar-refractivity contribution in [3.63, 3.8) is 0 Å². The predicted octanol–water partition coefficient (Wildman–Crippen LogP) is 2.22. The number of nitro benzene ring substituents is 2. The number of nitro groups is 2. The summed E-state index contributed by atoms with van der Waals surface area (Å²) in [6.45, 7) is 0. The van der Waals surface area contributed by atoms with Crippen LogP contribution in [-0.2, 0) is 9.59 Å². The minimum Gasteiger partial charge on any atom is -0.377 e. The van der Waals surface area contributed by atoms with Crippen molar-refractivity contribution in [3.05, 3.63) is 74.3 Å². The van der Waals surface area contributed by atoms with Crippen LogP contribution in [0.2, 0.25) is 0 Å². The maximum Gasteiger partial charge on any atom is 0.271 e. The molecule has 31 heavy (non-hydrogen) atoms. The summed E-state index contributed by atoms with van der Waals surface area (Å²) in [5.41, 5.74) is 5.95. The Morgan fingerprint density at radius 3 is 2.42 bits per heavy atom. The van der Waals surface area contributed by atoms with E-state index in [4.69, 9.17) is 5.73 Å². The van der Waals surface area contributed by atoms with E-state index in [1.165, 1.54) is 42.6 Å². The monoisotopic (exact) mass is 442 g/mol. The van der Waals surface area contributed by atoms with Gasteiger partial charge in [-0.15, -0.1) is 5.10 Å². The number of benzene rings is 2. The van der Waals surface area contributed by atoms with Crippen molar-refractivity contribution in [2.24, 2.45) is 15.9 Å². The van der Waals surface area contributed by atoms with Crippen LogP contribution in [-0.4, -0.2) is 38.3 Å². The van der Waals surface area contributed by atoms with Crippen LogP contribution in [0.3, 0.4) is 0 Å². The standard InChI is InChI=1S/C18H14N6O6S/c19-18(21-20-10-11-3-1-5-13(7-11)23(27)28)31-15-9-16(25)22(17(15)26)12-4-2-6-14(8-12)24(29)30/h1-8,10,15H,9H2,(H2,19,21)/b20-10+. The number of imide groups is 1. The van der Waals surface area contributed by atoms with Crippen molar-refractivity contribution in [1.29, 1.82) is 0 Å². The summed E-state index contributed by atoms with van der Waals surface area (Å²) in [6.07, 6.45) is 1.11. The highest BCUT2D eigenvalue weighted by molar-refractivity contribution is 8.14. The number of carbonyl (C=O) groups excluding carboxylic acids is 2. The number of rotatable bonds is 6. The number of nitrogens with zero attached hydrogens (tertiary/aromatic N) is 5. The molecule has 1 unspecified atom stereocenters. The van der Waals surface area contributed by atoms with Gasteiger partial charge >= 0.3 is 0 Å². The molecule has 2 aromatic carbocycles. The third kappa shape index (κ3) is 5.08. The summed E-state index contributed by atoms with van der Waals surface area (Å²) in [4.78, 5) is 46.4. The number of anilines is 1. The van der Waals surface area contributed by atoms with E-state index in [1.54, 1.807) is 6.07 Å². The van der Waals surface area contributed by atoms with Crippen LogP contribution in [0.1, 0.15) is 12.0 Å². The molecule has 0 saturated carbocycles. The SMILES string of the molecule is N/C(=N\N=C\c1cccc([N+](=O)[O-])c1)SC1CC(=O)N(c2cccc([N+](=O)[O-])c2)C1=O. The van der Waals surface area contributed by atoms with Gasteiger partial charge in [0.05, 0.1) is 21.7 Å². The molecule has 0 bridgehead atoms. The Kier molecular flexibility index (Phi) is 6.35. The second-order valence-electron chi connectivity index (χ2n) is 6.19. The zero-order chi connectivity index (χ0) is 22.5. The number of amidine groups is 1. The molecule has 2 amide bonds. The quantitative estimate of drug-likeness (QED) is 0.233. The van der Waals surface area contributed by atoms with Crippen molar-refractivity contribution in [2.45, 2.75) is 11.7 Å². The average molecular weight is 442 g/mol. The summed E-state index contributed by atoms with van der Waals surface area (Å²) in [5, 5.41) is 28.2. The first-order valence-corrected chi connectivity index (χ1v) is 9.53. The lowest BCUT2D eigenvalue weighted by molar-refractivity contribution is -0.385. The van der Waals surface area contributed by atoms with E-state index in [2.05, 4.69) is 10.2 Å². The molecule has 0 aliphatic carbocycles. The van der Waals surface area contributed by atoms with Gasteiger partial charge in [0, 0.05) is 36.2 Å². The predicted molar refractivity (Wildman–Crippen MR) is 114 cm³/mol. The lowest BCUT2D eigenvalue weighted by Crippen LogP contribution is -2.31. The Bertz CT molecular complexity index is 1130. The van der Waals surface area contributed by atoms with Gasteiger partial charge in [-0.1, -0.05) is 30.0 Å². The second kappa shape index (κ2) is 9.13. The lowest BCUT2D eigenvalue weighted by atomic mass is 10.2. The zero-order valence-electron chi connectivity index (χ0n) is 15.7. The van der Waals surface area contributed by atoms with Crippen LogP contribution in [0.5, 0.6) is 0 Å². The highest BCUT2D eigenvalue weighted by Gasteiger charge is 2.41. The van der Waals surface area contributed by atoms with Gasteiger partial charge < -0.3 is 5.73 Å². The van der Waals surface area contributed by atoms with Gasteiger partial charge in [-0.05, 0) is 6.07 Å². The highest BCUT2D eigenvalue weighted by Crippen LogP contribution is 2.31. The largest absolute Gasteiger partial charge is 0.377 e. The van der Waals surface area contributed by atoms with Gasteiger partial charge in [0.25, 0.3) is 11.4 Å². The highest BCUT2D eigenvalue weighted by atomic mass is 32.2. The van der Waals surface area contributed by atoms with E-state index in [9.17, 15) is 29.8 Å². The first kappa shape index (κ1) is 21.6. The molecule has 3 rings (SSSR count). The summed E-state index contributed by atoms with van der Waals surface area (Å²) < 4.78 is 0. The van der Waals surface area contributed by atoms with Crippen LogP contribution < -0.4 is 10.6 Å². The Labute approximate surface area is 178 Å². The van der Waals surface area contributed by atoms with Crippen LogP contribution in [0.25, 0.3) is 0 Å². The third-order valence-corrected chi connectivity index (χ3v) is 5.09. The molecule has 1 aliphatic rings. The molecule has 1 saturated heterocycles. The molecular weight excluding hydrogens is 428 g/mol.